The Morgan fingerprint density at radius 3 is 1.00 bits per heavy atom. The van der Waals surface area contributed by atoms with Crippen molar-refractivity contribution in [1.82, 2.24) is 10.9 Å². The van der Waals surface area contributed by atoms with Crippen molar-refractivity contribution in [2.75, 3.05) is 132 Å². The molecule has 18 nitrogen and oxygen atoms in total. The normalized spacial score (nSPS) is 18.6. The maximum absolute atomic E-state index is 12.4. The van der Waals surface area contributed by atoms with Crippen LogP contribution in [0.15, 0.2) is 46.6 Å². The minimum absolute atomic E-state index is 0.276. The average Bonchev–Trinajstić information content (AvgIpc) is 3.18. The molecule has 55 heavy (non-hydrogen) atoms. The number of amides is 2. The molecule has 18 heteroatoms. The summed E-state index contributed by atoms with van der Waals surface area (Å²) in [6.07, 6.45) is 2.35. The number of ether oxygens (including phenoxy) is 12. The van der Waals surface area contributed by atoms with Gasteiger partial charge in [0, 0.05) is 0 Å². The number of carbonyl (C=O) groups is 2. The number of hydrogen-bond donors (Lipinski definition) is 2. The monoisotopic (exact) mass is 776 g/mol. The van der Waals surface area contributed by atoms with E-state index in [9.17, 15) is 9.59 Å². The van der Waals surface area contributed by atoms with Gasteiger partial charge in [0.1, 0.15) is 32.8 Å². The van der Waals surface area contributed by atoms with Crippen LogP contribution < -0.4 is 29.8 Å². The highest BCUT2D eigenvalue weighted by Gasteiger charge is 2.11. The number of benzene rings is 2. The molecule has 2 amide bonds. The van der Waals surface area contributed by atoms with E-state index in [0.29, 0.717) is 153 Å². The van der Waals surface area contributed by atoms with Crippen LogP contribution in [0.5, 0.6) is 23.0 Å². The maximum atomic E-state index is 12.4. The fourth-order valence-corrected chi connectivity index (χ4v) is 4.62. The van der Waals surface area contributed by atoms with Gasteiger partial charge in [-0.3, -0.25) is 9.59 Å². The second-order valence-corrected chi connectivity index (χ2v) is 11.5. The van der Waals surface area contributed by atoms with Crippen molar-refractivity contribution in [3.8, 4) is 23.0 Å². The Balaban J connectivity index is 1.23. The summed E-state index contributed by atoms with van der Waals surface area (Å²) < 4.78 is 67.6. The van der Waals surface area contributed by atoms with E-state index in [1.165, 1.54) is 12.4 Å². The molecule has 2 aliphatic heterocycles. The van der Waals surface area contributed by atoms with Gasteiger partial charge in [-0.2, -0.15) is 10.2 Å². The van der Waals surface area contributed by atoms with E-state index in [1.54, 1.807) is 36.4 Å². The maximum Gasteiger partial charge on any atom is 0.249 e. The Labute approximate surface area is 320 Å². The zero-order valence-electron chi connectivity index (χ0n) is 31.1. The van der Waals surface area contributed by atoms with Gasteiger partial charge in [0.2, 0.25) is 11.8 Å². The first-order valence-electron chi connectivity index (χ1n) is 18.2. The molecule has 2 aromatic rings. The van der Waals surface area contributed by atoms with Crippen LogP contribution in [0.1, 0.15) is 17.5 Å². The van der Waals surface area contributed by atoms with E-state index in [2.05, 4.69) is 21.1 Å². The molecule has 2 aromatic carbocycles. The largest absolute Gasteiger partial charge is 0.487 e. The first-order chi connectivity index (χ1) is 27.2. The predicted octanol–water partition coefficient (Wildman–Crippen LogP) is 1.35. The molecule has 4 rings (SSSR count). The highest BCUT2D eigenvalue weighted by molar-refractivity contribution is 5.97. The van der Waals surface area contributed by atoms with Crippen molar-refractivity contribution in [2.24, 2.45) is 10.2 Å². The van der Waals surface area contributed by atoms with Gasteiger partial charge in [0.25, 0.3) is 0 Å². The number of fused-ring (bicyclic) bond motifs is 2. The first kappa shape index (κ1) is 43.3. The fraction of sp³-hybridized carbons (Fsp3) is 0.568. The van der Waals surface area contributed by atoms with Crippen molar-refractivity contribution in [3.63, 3.8) is 0 Å². The van der Waals surface area contributed by atoms with Crippen LogP contribution in [-0.2, 0) is 47.5 Å². The third-order valence-corrected chi connectivity index (χ3v) is 7.24. The van der Waals surface area contributed by atoms with E-state index >= 15 is 0 Å². The van der Waals surface area contributed by atoms with Gasteiger partial charge in [-0.1, -0.05) is 0 Å². The second-order valence-electron chi connectivity index (χ2n) is 11.5. The lowest BCUT2D eigenvalue weighted by Gasteiger charge is -2.14. The molecular weight excluding hydrogens is 724 g/mol. The summed E-state index contributed by atoms with van der Waals surface area (Å²) in [5.74, 6) is 0.697. The Kier molecular flexibility index (Phi) is 22.1. The third kappa shape index (κ3) is 19.7. The van der Waals surface area contributed by atoms with Gasteiger partial charge in [-0.05, 0) is 47.5 Å². The molecule has 0 spiro atoms. The predicted molar refractivity (Wildman–Crippen MR) is 198 cm³/mol. The summed E-state index contributed by atoms with van der Waals surface area (Å²) in [4.78, 5) is 24.8. The molecule has 0 radical (unpaired) electrons. The number of carbonyl (C=O) groups excluding carboxylic acids is 2. The van der Waals surface area contributed by atoms with Crippen LogP contribution in [-0.4, -0.2) is 156 Å². The third-order valence-electron chi connectivity index (χ3n) is 7.24. The van der Waals surface area contributed by atoms with Gasteiger partial charge in [0.15, 0.2) is 23.0 Å². The lowest BCUT2D eigenvalue weighted by molar-refractivity contribution is -0.129. The molecule has 0 saturated heterocycles. The van der Waals surface area contributed by atoms with Crippen LogP contribution in [0.3, 0.4) is 0 Å². The van der Waals surface area contributed by atoms with E-state index in [1.807, 2.05) is 0 Å². The van der Waals surface area contributed by atoms with Crippen molar-refractivity contribution in [1.29, 1.82) is 0 Å². The smallest absolute Gasteiger partial charge is 0.249 e. The molecule has 304 valence electrons. The number of rotatable bonds is 6. The van der Waals surface area contributed by atoms with Gasteiger partial charge in [-0.15, -0.1) is 0 Å². The minimum atomic E-state index is -0.633. The summed E-state index contributed by atoms with van der Waals surface area (Å²) in [5, 5.41) is 7.95. The Morgan fingerprint density at radius 2 is 0.691 bits per heavy atom. The highest BCUT2D eigenvalue weighted by atomic mass is 16.6. The highest BCUT2D eigenvalue weighted by Crippen LogP contribution is 2.29. The molecule has 2 heterocycles. The zero-order valence-corrected chi connectivity index (χ0v) is 31.1. The summed E-state index contributed by atoms with van der Waals surface area (Å²) in [6.45, 7) is 8.10. The quantitative estimate of drug-likeness (QED) is 0.243. The summed E-state index contributed by atoms with van der Waals surface area (Å²) in [7, 11) is 0. The Bertz CT molecular complexity index is 1340. The van der Waals surface area contributed by atoms with Gasteiger partial charge in [0.05, 0.1) is 118 Å². The molecular formula is C37H52N4O14. The Hall–Kier alpha value is -4.40. The molecule has 2 N–H and O–H groups in total. The molecule has 0 bridgehead atoms. The number of hydrazone groups is 2. The van der Waals surface area contributed by atoms with Gasteiger partial charge >= 0.3 is 0 Å². The lowest BCUT2D eigenvalue weighted by Crippen LogP contribution is -2.27. The first-order valence-corrected chi connectivity index (χ1v) is 18.2. The fourth-order valence-electron chi connectivity index (χ4n) is 4.62. The molecule has 0 atom stereocenters. The molecule has 2 aliphatic rings. The summed E-state index contributed by atoms with van der Waals surface area (Å²) in [5.41, 5.74) is 5.94. The second kappa shape index (κ2) is 28.1. The lowest BCUT2D eigenvalue weighted by atomic mass is 10.2. The van der Waals surface area contributed by atoms with Gasteiger partial charge < -0.3 is 56.8 Å². The van der Waals surface area contributed by atoms with Crippen molar-refractivity contribution < 1.29 is 66.4 Å². The standard InChI is InChI=1S/C37H52N4O14/c42-36(40-38-28-30-1-3-32-34(25-30)54-23-19-50-15-11-46-7-5-44-9-13-48-17-21-52-32)27-37(43)41-39-29-31-2-4-33-35(26-31)55-24-20-51-16-12-47-8-6-45-10-14-49-18-22-53-33/h1-4,25-26,28-29H,5-24,27H2,(H,40,42)(H,41,43)/b38-28+,39-29+. The molecule has 0 fully saturated rings. The average molecular weight is 777 g/mol. The summed E-state index contributed by atoms with van der Waals surface area (Å²) >= 11 is 0. The van der Waals surface area contributed by atoms with E-state index < -0.39 is 18.2 Å². The van der Waals surface area contributed by atoms with Crippen molar-refractivity contribution in [3.05, 3.63) is 47.5 Å². The molecule has 0 aromatic heterocycles. The van der Waals surface area contributed by atoms with Crippen LogP contribution >= 0.6 is 0 Å². The van der Waals surface area contributed by atoms with Crippen LogP contribution in [0.2, 0.25) is 0 Å². The zero-order chi connectivity index (χ0) is 38.4. The summed E-state index contributed by atoms with van der Waals surface area (Å²) in [6, 6.07) is 10.4. The van der Waals surface area contributed by atoms with E-state index in [0.717, 1.165) is 0 Å². The number of hydrogen-bond acceptors (Lipinski definition) is 16. The van der Waals surface area contributed by atoms with E-state index in [-0.39, 0.29) is 13.2 Å². The number of nitrogens with zero attached hydrogens (tertiary/aromatic N) is 2. The van der Waals surface area contributed by atoms with Crippen molar-refractivity contribution in [2.45, 2.75) is 6.42 Å². The van der Waals surface area contributed by atoms with Crippen LogP contribution in [0.4, 0.5) is 0 Å². The molecule has 0 unspecified atom stereocenters. The Morgan fingerprint density at radius 1 is 0.418 bits per heavy atom. The number of nitrogens with one attached hydrogen (secondary N) is 2. The van der Waals surface area contributed by atoms with E-state index in [4.69, 9.17) is 56.8 Å². The SMILES string of the molecule is O=C(CC(=O)N/N=C/c1ccc2c(c1)OCCOCCOCCOCCOCCO2)N/N=C/c1ccc2c(c1)OCCOCCOCCOCCOCCO2. The van der Waals surface area contributed by atoms with Crippen molar-refractivity contribution >= 4 is 24.2 Å². The topological polar surface area (TPSA) is 194 Å². The molecule has 0 aliphatic carbocycles. The van der Waals surface area contributed by atoms with Crippen LogP contribution in [0.25, 0.3) is 0 Å². The van der Waals surface area contributed by atoms with Gasteiger partial charge in [-0.25, -0.2) is 10.9 Å². The molecule has 0 saturated carbocycles. The minimum Gasteiger partial charge on any atom is -0.487 e. The van der Waals surface area contributed by atoms with Crippen LogP contribution in [0, 0.1) is 0 Å².